The van der Waals surface area contributed by atoms with Gasteiger partial charge < -0.3 is 14.2 Å². The summed E-state index contributed by atoms with van der Waals surface area (Å²) in [6.07, 6.45) is 3.05. The summed E-state index contributed by atoms with van der Waals surface area (Å²) in [7, 11) is 4.76. The standard InChI is InChI=1S/C26H20ClN3O5/c1-30(25(31)15-4-6-21(27)28-12-15)22-7-5-14(11-29-22)23-18-10-20(34-3)19(33-2)9-16(18)8-17-13-35-26(32)24(17)23/h4-12H,13H2,1-3H3. The molecule has 9 heteroatoms. The monoisotopic (exact) mass is 489 g/mol. The van der Waals surface area contributed by atoms with Crippen LogP contribution in [0.3, 0.4) is 0 Å². The zero-order chi connectivity index (χ0) is 24.7. The fourth-order valence-corrected chi connectivity index (χ4v) is 4.29. The molecule has 0 radical (unpaired) electrons. The predicted molar refractivity (Wildman–Crippen MR) is 131 cm³/mol. The van der Waals surface area contributed by atoms with Crippen molar-refractivity contribution in [3.63, 3.8) is 0 Å². The number of esters is 1. The molecule has 5 rings (SSSR count). The van der Waals surface area contributed by atoms with Crippen molar-refractivity contribution in [2.45, 2.75) is 6.61 Å². The number of cyclic esters (lactones) is 1. The third-order valence-corrected chi connectivity index (χ3v) is 6.17. The van der Waals surface area contributed by atoms with Crippen LogP contribution in [0.4, 0.5) is 5.82 Å². The molecule has 0 aliphatic carbocycles. The molecule has 1 aliphatic heterocycles. The highest BCUT2D eigenvalue weighted by Crippen LogP contribution is 2.42. The van der Waals surface area contributed by atoms with Crippen LogP contribution in [-0.4, -0.2) is 43.1 Å². The van der Waals surface area contributed by atoms with E-state index in [0.717, 1.165) is 16.3 Å². The van der Waals surface area contributed by atoms with Crippen molar-refractivity contribution in [1.82, 2.24) is 9.97 Å². The van der Waals surface area contributed by atoms with Gasteiger partial charge in [0.05, 0.1) is 25.3 Å². The van der Waals surface area contributed by atoms with Crippen molar-refractivity contribution >= 4 is 40.1 Å². The average molecular weight is 490 g/mol. The number of rotatable bonds is 5. The van der Waals surface area contributed by atoms with Gasteiger partial charge in [0.2, 0.25) is 0 Å². The number of nitrogens with zero attached hydrogens (tertiary/aromatic N) is 3. The molecule has 0 unspecified atom stereocenters. The number of amides is 1. The normalized spacial score (nSPS) is 12.3. The predicted octanol–water partition coefficient (Wildman–Crippen LogP) is 4.91. The number of pyridine rings is 2. The van der Waals surface area contributed by atoms with Gasteiger partial charge in [-0.3, -0.25) is 9.69 Å². The fraction of sp³-hybridized carbons (Fsp3) is 0.154. The van der Waals surface area contributed by atoms with Crippen molar-refractivity contribution in [2.24, 2.45) is 0 Å². The Morgan fingerprint density at radius 2 is 1.77 bits per heavy atom. The highest BCUT2D eigenvalue weighted by Gasteiger charge is 2.28. The summed E-state index contributed by atoms with van der Waals surface area (Å²) in [5.41, 5.74) is 3.07. The molecule has 1 amide bonds. The van der Waals surface area contributed by atoms with Crippen LogP contribution in [0.2, 0.25) is 5.15 Å². The van der Waals surface area contributed by atoms with E-state index in [1.165, 1.54) is 11.1 Å². The first-order valence-corrected chi connectivity index (χ1v) is 11.0. The van der Waals surface area contributed by atoms with E-state index in [0.29, 0.717) is 44.7 Å². The number of hydrogen-bond donors (Lipinski definition) is 0. The first-order valence-electron chi connectivity index (χ1n) is 10.7. The van der Waals surface area contributed by atoms with Crippen LogP contribution in [0, 0.1) is 0 Å². The van der Waals surface area contributed by atoms with Gasteiger partial charge in [-0.25, -0.2) is 14.8 Å². The number of benzene rings is 2. The minimum Gasteiger partial charge on any atom is -0.493 e. The second-order valence-electron chi connectivity index (χ2n) is 7.93. The largest absolute Gasteiger partial charge is 0.493 e. The van der Waals surface area contributed by atoms with Crippen LogP contribution in [0.25, 0.3) is 21.9 Å². The topological polar surface area (TPSA) is 90.9 Å². The number of fused-ring (bicyclic) bond motifs is 2. The SMILES string of the molecule is COc1cc2cc3c(c(-c4ccc(N(C)C(=O)c5ccc(Cl)nc5)nc4)c2cc1OC)C(=O)OC3. The lowest BCUT2D eigenvalue weighted by Crippen LogP contribution is -2.27. The van der Waals surface area contributed by atoms with Gasteiger partial charge in [0.1, 0.15) is 17.6 Å². The highest BCUT2D eigenvalue weighted by molar-refractivity contribution is 6.29. The molecular weight excluding hydrogens is 470 g/mol. The van der Waals surface area contributed by atoms with E-state index in [2.05, 4.69) is 9.97 Å². The number of methoxy groups -OCH3 is 2. The minimum absolute atomic E-state index is 0.198. The van der Waals surface area contributed by atoms with Gasteiger partial charge in [-0.2, -0.15) is 0 Å². The number of anilines is 1. The summed E-state index contributed by atoms with van der Waals surface area (Å²) in [4.78, 5) is 35.4. The maximum Gasteiger partial charge on any atom is 0.339 e. The molecule has 3 heterocycles. The lowest BCUT2D eigenvalue weighted by atomic mass is 9.91. The Balaban J connectivity index is 1.60. The molecule has 35 heavy (non-hydrogen) atoms. The van der Waals surface area contributed by atoms with E-state index in [4.69, 9.17) is 25.8 Å². The average Bonchev–Trinajstić information content (AvgIpc) is 3.26. The Morgan fingerprint density at radius 1 is 1.00 bits per heavy atom. The molecule has 0 N–H and O–H groups in total. The van der Waals surface area contributed by atoms with Gasteiger partial charge in [-0.1, -0.05) is 11.6 Å². The third kappa shape index (κ3) is 3.91. The Morgan fingerprint density at radius 3 is 2.43 bits per heavy atom. The van der Waals surface area contributed by atoms with Gasteiger partial charge in [0, 0.05) is 36.1 Å². The number of ether oxygens (including phenoxy) is 3. The fourth-order valence-electron chi connectivity index (χ4n) is 4.18. The van der Waals surface area contributed by atoms with Crippen LogP contribution < -0.4 is 14.4 Å². The van der Waals surface area contributed by atoms with Crippen molar-refractivity contribution in [3.8, 4) is 22.6 Å². The number of aromatic nitrogens is 2. The Bertz CT molecular complexity index is 1470. The maximum absolute atomic E-state index is 12.8. The smallest absolute Gasteiger partial charge is 0.339 e. The summed E-state index contributed by atoms with van der Waals surface area (Å²) in [5, 5.41) is 1.98. The molecule has 4 aromatic rings. The zero-order valence-corrected chi connectivity index (χ0v) is 19.9. The zero-order valence-electron chi connectivity index (χ0n) is 19.2. The van der Waals surface area contributed by atoms with E-state index in [-0.39, 0.29) is 12.5 Å². The van der Waals surface area contributed by atoms with Gasteiger partial charge in [0.15, 0.2) is 11.5 Å². The number of hydrogen-bond acceptors (Lipinski definition) is 7. The molecule has 1 aliphatic rings. The van der Waals surface area contributed by atoms with E-state index >= 15 is 0 Å². The molecule has 2 aromatic carbocycles. The quantitative estimate of drug-likeness (QED) is 0.290. The van der Waals surface area contributed by atoms with Crippen molar-refractivity contribution in [2.75, 3.05) is 26.2 Å². The van der Waals surface area contributed by atoms with E-state index < -0.39 is 5.97 Å². The maximum atomic E-state index is 12.8. The van der Waals surface area contributed by atoms with Crippen molar-refractivity contribution < 1.29 is 23.8 Å². The molecule has 0 saturated heterocycles. The van der Waals surface area contributed by atoms with E-state index in [1.54, 1.807) is 45.7 Å². The first kappa shape index (κ1) is 22.6. The van der Waals surface area contributed by atoms with Gasteiger partial charge in [0.25, 0.3) is 5.91 Å². The Hall–Kier alpha value is -4.17. The summed E-state index contributed by atoms with van der Waals surface area (Å²) in [6, 6.07) is 12.3. The molecule has 0 fully saturated rings. The number of carbonyl (C=O) groups is 2. The summed E-state index contributed by atoms with van der Waals surface area (Å²) >= 11 is 5.82. The molecule has 176 valence electrons. The molecule has 0 spiro atoms. The van der Waals surface area contributed by atoms with Crippen molar-refractivity contribution in [1.29, 1.82) is 0 Å². The van der Waals surface area contributed by atoms with E-state index in [9.17, 15) is 9.59 Å². The molecular formula is C26H20ClN3O5. The van der Waals surface area contributed by atoms with Gasteiger partial charge in [-0.15, -0.1) is 0 Å². The molecule has 0 bridgehead atoms. The second-order valence-corrected chi connectivity index (χ2v) is 8.32. The minimum atomic E-state index is -0.390. The van der Waals surface area contributed by atoms with Crippen molar-refractivity contribution in [3.05, 3.63) is 76.7 Å². The van der Waals surface area contributed by atoms with Crippen LogP contribution >= 0.6 is 11.6 Å². The Kier molecular flexibility index (Phi) is 5.74. The molecule has 2 aromatic heterocycles. The van der Waals surface area contributed by atoms with Gasteiger partial charge in [-0.05, 0) is 53.2 Å². The third-order valence-electron chi connectivity index (χ3n) is 5.95. The second kappa shape index (κ2) is 8.88. The van der Waals surface area contributed by atoms with Crippen LogP contribution in [0.1, 0.15) is 26.3 Å². The van der Waals surface area contributed by atoms with E-state index in [1.807, 2.05) is 24.3 Å². The number of carbonyl (C=O) groups excluding carboxylic acids is 2. The summed E-state index contributed by atoms with van der Waals surface area (Å²) in [5.74, 6) is 0.895. The van der Waals surface area contributed by atoms with Crippen LogP contribution in [0.5, 0.6) is 11.5 Å². The number of halogens is 1. The van der Waals surface area contributed by atoms with Crippen LogP contribution in [0.15, 0.2) is 54.9 Å². The molecule has 8 nitrogen and oxygen atoms in total. The first-order chi connectivity index (χ1) is 16.9. The highest BCUT2D eigenvalue weighted by atomic mass is 35.5. The lowest BCUT2D eigenvalue weighted by molar-refractivity contribution is 0.0535. The Labute approximate surface area is 206 Å². The summed E-state index contributed by atoms with van der Waals surface area (Å²) in [6.45, 7) is 0.198. The van der Waals surface area contributed by atoms with Crippen LogP contribution in [-0.2, 0) is 11.3 Å². The molecule has 0 saturated carbocycles. The molecule has 0 atom stereocenters. The summed E-state index contributed by atoms with van der Waals surface area (Å²) < 4.78 is 16.3. The lowest BCUT2D eigenvalue weighted by Gasteiger charge is -2.18. The van der Waals surface area contributed by atoms with Gasteiger partial charge >= 0.3 is 5.97 Å².